The van der Waals surface area contributed by atoms with Gasteiger partial charge in [0.25, 0.3) is 0 Å². The summed E-state index contributed by atoms with van der Waals surface area (Å²) in [6.07, 6.45) is 0. The van der Waals surface area contributed by atoms with Crippen LogP contribution < -0.4 is 5.32 Å². The van der Waals surface area contributed by atoms with E-state index in [1.165, 1.54) is 0 Å². The van der Waals surface area contributed by atoms with Crippen molar-refractivity contribution in [2.45, 2.75) is 12.5 Å². The summed E-state index contributed by atoms with van der Waals surface area (Å²) in [5.41, 5.74) is -0.463. The molecule has 0 radical (unpaired) electrons. The zero-order valence-electron chi connectivity index (χ0n) is 4.73. The van der Waals surface area contributed by atoms with Crippen LogP contribution in [0.4, 0.5) is 0 Å². The van der Waals surface area contributed by atoms with Gasteiger partial charge in [0.2, 0.25) is 0 Å². The lowest BCUT2D eigenvalue weighted by Gasteiger charge is -2.11. The highest BCUT2D eigenvalue weighted by atomic mass is 35.5. The summed E-state index contributed by atoms with van der Waals surface area (Å²) in [4.78, 5) is 7.60. The van der Waals surface area contributed by atoms with Gasteiger partial charge >= 0.3 is 0 Å². The Morgan fingerprint density at radius 2 is 2.33 bits per heavy atom. The number of hydrogen-bond donors (Lipinski definition) is 1. The fourth-order valence-corrected chi connectivity index (χ4v) is 1.02. The first-order chi connectivity index (χ1) is 4.18. The molecule has 0 aliphatic carbocycles. The smallest absolute Gasteiger partial charge is 0.200 e. The third-order valence-corrected chi connectivity index (χ3v) is 1.20. The summed E-state index contributed by atoms with van der Waals surface area (Å²) in [6, 6.07) is 0. The number of alkyl halides is 1. The molecule has 0 spiro atoms. The van der Waals surface area contributed by atoms with E-state index in [4.69, 9.17) is 23.2 Å². The fraction of sp³-hybridized carbons (Fsp3) is 0.500. The minimum atomic E-state index is -0.463. The van der Waals surface area contributed by atoms with Gasteiger partial charge in [0, 0.05) is 0 Å². The van der Waals surface area contributed by atoms with Crippen molar-refractivity contribution in [3.05, 3.63) is 0 Å². The Labute approximate surface area is 62.8 Å². The first-order valence-electron chi connectivity index (χ1n) is 2.37. The van der Waals surface area contributed by atoms with Gasteiger partial charge in [-0.25, -0.2) is 9.98 Å². The van der Waals surface area contributed by atoms with Crippen LogP contribution in [-0.2, 0) is 0 Å². The Kier molecular flexibility index (Phi) is 1.93. The molecule has 1 rings (SSSR count). The molecule has 1 aliphatic rings. The van der Waals surface area contributed by atoms with Crippen LogP contribution in [0.3, 0.4) is 0 Å². The van der Waals surface area contributed by atoms with Crippen LogP contribution in [-0.4, -0.2) is 16.8 Å². The zero-order valence-corrected chi connectivity index (χ0v) is 6.24. The van der Waals surface area contributed by atoms with E-state index in [2.05, 4.69) is 15.3 Å². The molecular formula is C4H5Cl2N3. The van der Waals surface area contributed by atoms with E-state index in [-0.39, 0.29) is 0 Å². The second-order valence-electron chi connectivity index (χ2n) is 1.56. The molecule has 0 amide bonds. The number of aliphatic imine (C=N–C) groups is 2. The highest BCUT2D eigenvalue weighted by molar-refractivity contribution is 6.65. The first-order valence-corrected chi connectivity index (χ1v) is 3.19. The monoisotopic (exact) mass is 165 g/mol. The van der Waals surface area contributed by atoms with E-state index in [1.54, 1.807) is 6.92 Å². The Bertz CT molecular complexity index is 175. The summed E-state index contributed by atoms with van der Waals surface area (Å²) in [6.45, 7) is 1.73. The first kappa shape index (κ1) is 6.83. The average Bonchev–Trinajstić information content (AvgIpc) is 1.59. The molecule has 0 saturated carbocycles. The van der Waals surface area contributed by atoms with E-state index in [0.29, 0.717) is 11.1 Å². The lowest BCUT2D eigenvalue weighted by molar-refractivity contribution is 0.839. The molecule has 0 aromatic rings. The van der Waals surface area contributed by atoms with Gasteiger partial charge < -0.3 is 5.32 Å². The summed E-state index contributed by atoms with van der Waals surface area (Å²) < 4.78 is 0. The number of amidine groups is 2. The number of halogens is 2. The van der Waals surface area contributed by atoms with Crippen molar-refractivity contribution >= 4 is 34.3 Å². The Balaban J connectivity index is 2.74. The number of nitrogens with zero attached hydrogens (tertiary/aromatic N) is 2. The molecule has 3 nitrogen and oxygen atoms in total. The molecule has 0 fully saturated rings. The standard InChI is InChI=1S/C4H5Cl2N3/c1-2-7-3(5)9-4(6)8-2/h3H,1H3,(H,7,8,9). The van der Waals surface area contributed by atoms with Crippen molar-refractivity contribution in [3.63, 3.8) is 0 Å². The molecule has 1 unspecified atom stereocenters. The van der Waals surface area contributed by atoms with Crippen LogP contribution in [0.1, 0.15) is 6.92 Å². The normalized spacial score (nSPS) is 26.3. The molecule has 0 aromatic heterocycles. The maximum atomic E-state index is 5.54. The van der Waals surface area contributed by atoms with Crippen molar-refractivity contribution in [3.8, 4) is 0 Å². The number of hydrogen-bond acceptors (Lipinski definition) is 3. The van der Waals surface area contributed by atoms with Crippen molar-refractivity contribution in [1.29, 1.82) is 0 Å². The summed E-state index contributed by atoms with van der Waals surface area (Å²) in [5, 5.41) is 2.90. The highest BCUT2D eigenvalue weighted by Crippen LogP contribution is 2.02. The molecule has 9 heavy (non-hydrogen) atoms. The molecule has 1 N–H and O–H groups in total. The summed E-state index contributed by atoms with van der Waals surface area (Å²) >= 11 is 11.0. The predicted octanol–water partition coefficient (Wildman–Crippen LogP) is 1.13. The molecule has 5 heteroatoms. The number of nitrogens with one attached hydrogen (secondary N) is 1. The topological polar surface area (TPSA) is 36.8 Å². The van der Waals surface area contributed by atoms with Crippen LogP contribution in [0.5, 0.6) is 0 Å². The largest absolute Gasteiger partial charge is 0.326 e. The average molecular weight is 166 g/mol. The minimum absolute atomic E-state index is 0.294. The van der Waals surface area contributed by atoms with Gasteiger partial charge in [-0.2, -0.15) is 0 Å². The Morgan fingerprint density at radius 1 is 1.67 bits per heavy atom. The maximum Gasteiger partial charge on any atom is 0.200 e. The predicted molar refractivity (Wildman–Crippen MR) is 39.2 cm³/mol. The van der Waals surface area contributed by atoms with Gasteiger partial charge in [-0.1, -0.05) is 11.6 Å². The third-order valence-electron chi connectivity index (χ3n) is 0.798. The lowest BCUT2D eigenvalue weighted by Crippen LogP contribution is -2.30. The quantitative estimate of drug-likeness (QED) is 0.425. The molecule has 0 saturated heterocycles. The second kappa shape index (κ2) is 2.54. The lowest BCUT2D eigenvalue weighted by atomic mass is 10.7. The molecule has 0 aromatic carbocycles. The van der Waals surface area contributed by atoms with Crippen LogP contribution in [0.2, 0.25) is 0 Å². The molecular weight excluding hydrogens is 161 g/mol. The van der Waals surface area contributed by atoms with Gasteiger partial charge in [-0.05, 0) is 18.5 Å². The van der Waals surface area contributed by atoms with Gasteiger partial charge in [0.15, 0.2) is 10.9 Å². The van der Waals surface area contributed by atoms with Gasteiger partial charge in [0.1, 0.15) is 5.84 Å². The SMILES string of the molecule is CC1=NC(Cl)NC(Cl)=N1. The molecule has 0 bridgehead atoms. The van der Waals surface area contributed by atoms with Crippen molar-refractivity contribution < 1.29 is 0 Å². The molecule has 1 atom stereocenters. The van der Waals surface area contributed by atoms with Crippen molar-refractivity contribution in [1.82, 2.24) is 5.32 Å². The van der Waals surface area contributed by atoms with Crippen LogP contribution in [0.25, 0.3) is 0 Å². The molecule has 50 valence electrons. The van der Waals surface area contributed by atoms with Crippen LogP contribution in [0, 0.1) is 0 Å². The summed E-state index contributed by atoms with van der Waals surface area (Å²) in [5.74, 6) is 0.596. The van der Waals surface area contributed by atoms with E-state index in [0.717, 1.165) is 0 Å². The van der Waals surface area contributed by atoms with Crippen molar-refractivity contribution in [2.24, 2.45) is 9.98 Å². The molecule has 1 heterocycles. The van der Waals surface area contributed by atoms with Gasteiger partial charge in [0.05, 0.1) is 0 Å². The Hall–Kier alpha value is -0.280. The maximum absolute atomic E-state index is 5.54. The fourth-order valence-electron chi connectivity index (χ4n) is 0.498. The van der Waals surface area contributed by atoms with Gasteiger partial charge in [-0.3, -0.25) is 0 Å². The summed E-state index contributed by atoms with van der Waals surface area (Å²) in [7, 11) is 0. The highest BCUT2D eigenvalue weighted by Gasteiger charge is 2.08. The second-order valence-corrected chi connectivity index (χ2v) is 2.33. The van der Waals surface area contributed by atoms with E-state index < -0.39 is 5.62 Å². The third kappa shape index (κ3) is 1.84. The van der Waals surface area contributed by atoms with E-state index >= 15 is 0 Å². The molecule has 1 aliphatic heterocycles. The number of rotatable bonds is 0. The zero-order chi connectivity index (χ0) is 6.85. The van der Waals surface area contributed by atoms with Gasteiger partial charge in [-0.15, -0.1) is 0 Å². The van der Waals surface area contributed by atoms with Crippen molar-refractivity contribution in [2.75, 3.05) is 0 Å². The van der Waals surface area contributed by atoms with E-state index in [1.807, 2.05) is 0 Å². The minimum Gasteiger partial charge on any atom is -0.326 e. The Morgan fingerprint density at radius 3 is 2.78 bits per heavy atom. The van der Waals surface area contributed by atoms with E-state index in [9.17, 15) is 0 Å². The van der Waals surface area contributed by atoms with Crippen LogP contribution in [0.15, 0.2) is 9.98 Å². The van der Waals surface area contributed by atoms with Crippen LogP contribution >= 0.6 is 23.2 Å².